The van der Waals surface area contributed by atoms with E-state index in [0.29, 0.717) is 0 Å². The minimum Gasteiger partial charge on any atom is -0.480 e. The maximum atomic E-state index is 12.5. The first-order chi connectivity index (χ1) is 13.9. The summed E-state index contributed by atoms with van der Waals surface area (Å²) in [6, 6.07) is -4.27. The number of nitrogens with zero attached hydrogens (tertiary/aromatic N) is 1. The van der Waals surface area contributed by atoms with Crippen molar-refractivity contribution < 1.29 is 34.5 Å². The van der Waals surface area contributed by atoms with Crippen molar-refractivity contribution in [1.29, 1.82) is 0 Å². The molecule has 0 aromatic carbocycles. The van der Waals surface area contributed by atoms with Crippen molar-refractivity contribution in [3.05, 3.63) is 0 Å². The summed E-state index contributed by atoms with van der Waals surface area (Å²) in [6.45, 7) is 2.14. The third kappa shape index (κ3) is 9.99. The van der Waals surface area contributed by atoms with Crippen LogP contribution in [0.25, 0.3) is 0 Å². The van der Waals surface area contributed by atoms with Gasteiger partial charge < -0.3 is 48.5 Å². The number of amides is 3. The fraction of sp³-hybridized carbons (Fsp3) is 0.688. The lowest BCUT2D eigenvalue weighted by Gasteiger charge is -2.26. The van der Waals surface area contributed by atoms with E-state index in [9.17, 15) is 29.4 Å². The molecule has 0 aromatic rings. The van der Waals surface area contributed by atoms with Crippen LogP contribution < -0.4 is 33.2 Å². The molecule has 0 rings (SSSR count). The molecule has 0 aliphatic heterocycles. The molecule has 0 radical (unpaired) electrons. The summed E-state index contributed by atoms with van der Waals surface area (Å²) in [4.78, 5) is 51.5. The molecule has 3 amide bonds. The minimum absolute atomic E-state index is 0.00212. The van der Waals surface area contributed by atoms with Crippen molar-refractivity contribution in [2.75, 3.05) is 13.1 Å². The third-order valence-electron chi connectivity index (χ3n) is 3.89. The highest BCUT2D eigenvalue weighted by Crippen LogP contribution is 2.04. The van der Waals surface area contributed by atoms with Crippen molar-refractivity contribution in [2.45, 2.75) is 57.0 Å². The fourth-order valence-electron chi connectivity index (χ4n) is 2.31. The first-order valence-electron chi connectivity index (χ1n) is 9.15. The van der Waals surface area contributed by atoms with Crippen molar-refractivity contribution in [3.63, 3.8) is 0 Å². The van der Waals surface area contributed by atoms with Crippen molar-refractivity contribution in [1.82, 2.24) is 16.0 Å². The van der Waals surface area contributed by atoms with Gasteiger partial charge in [-0.25, -0.2) is 4.79 Å². The molecule has 0 saturated heterocycles. The van der Waals surface area contributed by atoms with E-state index in [1.54, 1.807) is 0 Å². The molecule has 14 nitrogen and oxygen atoms in total. The number of hydrogen-bond acceptors (Lipinski definition) is 8. The van der Waals surface area contributed by atoms with Crippen LogP contribution in [0.2, 0.25) is 0 Å². The molecule has 0 aliphatic carbocycles. The van der Waals surface area contributed by atoms with Gasteiger partial charge in [-0.15, -0.1) is 0 Å². The molecule has 30 heavy (non-hydrogen) atoms. The number of carbonyl (C=O) groups excluding carboxylic acids is 3. The van der Waals surface area contributed by atoms with E-state index in [4.69, 9.17) is 22.3 Å². The van der Waals surface area contributed by atoms with Crippen LogP contribution in [0.15, 0.2) is 4.99 Å². The SMILES string of the molecule is CC(O)C(NC(=O)C(CCCN=C(N)N)NC(=O)C(NC(=O)CN)C(C)O)C(=O)O. The van der Waals surface area contributed by atoms with Gasteiger partial charge in [-0.2, -0.15) is 0 Å². The van der Waals surface area contributed by atoms with Crippen LogP contribution in [-0.4, -0.2) is 88.4 Å². The number of nitrogens with one attached hydrogen (secondary N) is 3. The van der Waals surface area contributed by atoms with Crippen LogP contribution in [0, 0.1) is 0 Å². The Hall–Kier alpha value is -2.97. The molecule has 0 aliphatic rings. The van der Waals surface area contributed by atoms with Gasteiger partial charge in [0.25, 0.3) is 0 Å². The van der Waals surface area contributed by atoms with Gasteiger partial charge in [0, 0.05) is 6.54 Å². The van der Waals surface area contributed by atoms with E-state index in [2.05, 4.69) is 20.9 Å². The Bertz CT molecular complexity index is 635. The van der Waals surface area contributed by atoms with E-state index < -0.39 is 60.6 Å². The minimum atomic E-state index is -1.61. The summed E-state index contributed by atoms with van der Waals surface area (Å²) < 4.78 is 0. The van der Waals surface area contributed by atoms with Gasteiger partial charge in [-0.1, -0.05) is 0 Å². The van der Waals surface area contributed by atoms with Crippen LogP contribution in [0.1, 0.15) is 26.7 Å². The maximum absolute atomic E-state index is 12.5. The molecule has 5 unspecified atom stereocenters. The van der Waals surface area contributed by atoms with Gasteiger partial charge in [0.05, 0.1) is 18.8 Å². The Morgan fingerprint density at radius 3 is 1.93 bits per heavy atom. The van der Waals surface area contributed by atoms with Gasteiger partial charge >= 0.3 is 5.97 Å². The number of aliphatic hydroxyl groups excluding tert-OH is 2. The topological polar surface area (TPSA) is 255 Å². The number of aliphatic carboxylic acids is 1. The molecule has 0 fully saturated rings. The maximum Gasteiger partial charge on any atom is 0.328 e. The van der Waals surface area contributed by atoms with Gasteiger partial charge in [0.2, 0.25) is 17.7 Å². The molecule has 12 N–H and O–H groups in total. The quantitative estimate of drug-likeness (QED) is 0.0761. The van der Waals surface area contributed by atoms with Gasteiger partial charge in [-0.05, 0) is 26.7 Å². The van der Waals surface area contributed by atoms with Crippen LogP contribution in [-0.2, 0) is 19.2 Å². The molecule has 0 saturated carbocycles. The highest BCUT2D eigenvalue weighted by atomic mass is 16.4. The summed E-state index contributed by atoms with van der Waals surface area (Å²) in [7, 11) is 0. The number of hydrogen-bond donors (Lipinski definition) is 9. The summed E-state index contributed by atoms with van der Waals surface area (Å²) >= 11 is 0. The smallest absolute Gasteiger partial charge is 0.328 e. The summed E-state index contributed by atoms with van der Waals surface area (Å²) in [5.74, 6) is -4.13. The fourth-order valence-corrected chi connectivity index (χ4v) is 2.31. The second-order valence-corrected chi connectivity index (χ2v) is 6.57. The van der Waals surface area contributed by atoms with Gasteiger partial charge in [0.1, 0.15) is 12.1 Å². The first-order valence-corrected chi connectivity index (χ1v) is 9.15. The average molecular weight is 433 g/mol. The molecule has 172 valence electrons. The first kappa shape index (κ1) is 27.0. The number of guanidine groups is 1. The number of rotatable bonds is 13. The highest BCUT2D eigenvalue weighted by Gasteiger charge is 2.32. The third-order valence-corrected chi connectivity index (χ3v) is 3.89. The van der Waals surface area contributed by atoms with E-state index >= 15 is 0 Å². The summed E-state index contributed by atoms with van der Waals surface area (Å²) in [6.07, 6.45) is -2.48. The lowest BCUT2D eigenvalue weighted by molar-refractivity contribution is -0.145. The molecule has 0 spiro atoms. The van der Waals surface area contributed by atoms with Crippen molar-refractivity contribution >= 4 is 29.7 Å². The van der Waals surface area contributed by atoms with Crippen LogP contribution in [0.4, 0.5) is 0 Å². The standard InChI is InChI=1S/C16H31N7O7/c1-7(24)11(22-10(26)6-17)14(28)21-9(4-3-5-20-16(18)19)13(27)23-12(8(2)25)15(29)30/h7-9,11-12,24-25H,3-6,17H2,1-2H3,(H,21,28)(H,22,26)(H,23,27)(H,29,30)(H4,18,19,20). The Morgan fingerprint density at radius 1 is 0.933 bits per heavy atom. The second-order valence-electron chi connectivity index (χ2n) is 6.57. The van der Waals surface area contributed by atoms with Crippen LogP contribution in [0.5, 0.6) is 0 Å². The number of aliphatic hydroxyl groups is 2. The van der Waals surface area contributed by atoms with Crippen molar-refractivity contribution in [3.8, 4) is 0 Å². The zero-order valence-corrected chi connectivity index (χ0v) is 16.9. The molecule has 14 heteroatoms. The van der Waals surface area contributed by atoms with E-state index in [-0.39, 0.29) is 25.3 Å². The second kappa shape index (κ2) is 13.3. The number of aliphatic imine (C=N–C) groups is 1. The predicted molar refractivity (Wildman–Crippen MR) is 106 cm³/mol. The molecule has 5 atom stereocenters. The number of nitrogens with two attached hydrogens (primary N) is 3. The Balaban J connectivity index is 5.41. The van der Waals surface area contributed by atoms with E-state index in [1.165, 1.54) is 13.8 Å². The average Bonchev–Trinajstić information content (AvgIpc) is 2.64. The normalized spacial score (nSPS) is 15.6. The predicted octanol–water partition coefficient (Wildman–Crippen LogP) is -4.70. The van der Waals surface area contributed by atoms with E-state index in [1.807, 2.05) is 0 Å². The van der Waals surface area contributed by atoms with Crippen LogP contribution >= 0.6 is 0 Å². The molecule has 0 aromatic heterocycles. The van der Waals surface area contributed by atoms with Crippen molar-refractivity contribution in [2.24, 2.45) is 22.2 Å². The largest absolute Gasteiger partial charge is 0.480 e. The lowest BCUT2D eigenvalue weighted by atomic mass is 10.1. The van der Waals surface area contributed by atoms with Gasteiger partial charge in [0.15, 0.2) is 12.0 Å². The molecular weight excluding hydrogens is 402 g/mol. The highest BCUT2D eigenvalue weighted by molar-refractivity contribution is 5.94. The Morgan fingerprint density at radius 2 is 1.50 bits per heavy atom. The van der Waals surface area contributed by atoms with E-state index in [0.717, 1.165) is 0 Å². The zero-order valence-electron chi connectivity index (χ0n) is 16.9. The lowest BCUT2D eigenvalue weighted by Crippen LogP contribution is -2.59. The molecule has 0 heterocycles. The summed E-state index contributed by atoms with van der Waals surface area (Å²) in [5, 5.41) is 35.1. The zero-order chi connectivity index (χ0) is 23.4. The Labute approximate surface area is 173 Å². The number of carboxylic acids is 1. The monoisotopic (exact) mass is 433 g/mol. The number of carbonyl (C=O) groups is 4. The summed E-state index contributed by atoms with van der Waals surface area (Å²) in [5.41, 5.74) is 15.6. The number of carboxylic acid groups (broad SMARTS) is 1. The molecule has 0 bridgehead atoms. The molecular formula is C16H31N7O7. The van der Waals surface area contributed by atoms with Gasteiger partial charge in [-0.3, -0.25) is 19.4 Å². The Kier molecular flexibility index (Phi) is 12.0. The van der Waals surface area contributed by atoms with Crippen LogP contribution in [0.3, 0.4) is 0 Å².